The van der Waals surface area contributed by atoms with Gasteiger partial charge in [0.05, 0.1) is 7.11 Å². The lowest BCUT2D eigenvalue weighted by Crippen LogP contribution is -2.08. The van der Waals surface area contributed by atoms with Gasteiger partial charge < -0.3 is 4.74 Å². The highest BCUT2D eigenvalue weighted by atomic mass is 35.5. The lowest BCUT2D eigenvalue weighted by Gasteiger charge is -2.40. The number of halogens is 6. The van der Waals surface area contributed by atoms with Crippen molar-refractivity contribution in [3.8, 4) is 0 Å². The van der Waals surface area contributed by atoms with Gasteiger partial charge in [-0.15, -0.1) is 0 Å². The number of methoxy groups -OCH3 is 1. The van der Waals surface area contributed by atoms with Gasteiger partial charge in [0.1, 0.15) is 4.91 Å². The molecule has 0 atom stereocenters. The van der Waals surface area contributed by atoms with Crippen molar-refractivity contribution in [3.05, 3.63) is 10.1 Å². The molecule has 0 saturated carbocycles. The summed E-state index contributed by atoms with van der Waals surface area (Å²) in [6, 6.07) is 0. The first-order valence-electron chi connectivity index (χ1n) is 2.53. The van der Waals surface area contributed by atoms with Crippen LogP contribution in [0.1, 0.15) is 6.92 Å². The zero-order valence-electron chi connectivity index (χ0n) is 6.08. The maximum atomic E-state index is 11.8. The Balaban J connectivity index is 5.38. The van der Waals surface area contributed by atoms with Crippen LogP contribution in [0.25, 0.3) is 0 Å². The van der Waals surface area contributed by atoms with E-state index < -0.39 is 20.3 Å². The van der Waals surface area contributed by atoms with Gasteiger partial charge >= 0.3 is 10.2 Å². The van der Waals surface area contributed by atoms with Crippen LogP contribution in [-0.2, 0) is 4.74 Å². The molecule has 0 radical (unpaired) electrons. The average Bonchev–Trinajstić information content (AvgIpc) is 1.79. The van der Waals surface area contributed by atoms with Gasteiger partial charge in [-0.3, -0.25) is 0 Å². The van der Waals surface area contributed by atoms with E-state index in [2.05, 4.69) is 4.74 Å². The average molecular weight is 233 g/mol. The molecule has 0 amide bonds. The molecule has 76 valence electrons. The van der Waals surface area contributed by atoms with Crippen molar-refractivity contribution < 1.29 is 24.2 Å². The Morgan fingerprint density at radius 2 is 1.50 bits per heavy atom. The summed E-state index contributed by atoms with van der Waals surface area (Å²) in [5, 5.41) is -1.34. The molecule has 12 heavy (non-hydrogen) atoms. The van der Waals surface area contributed by atoms with Gasteiger partial charge in [-0.2, -0.15) is 0 Å². The summed E-state index contributed by atoms with van der Waals surface area (Å²) in [6.07, 6.45) is 0. The van der Waals surface area contributed by atoms with E-state index in [1.165, 1.54) is 0 Å². The predicted octanol–water partition coefficient (Wildman–Crippen LogP) is 4.36. The second-order valence-electron chi connectivity index (χ2n) is 2.00. The van der Waals surface area contributed by atoms with Gasteiger partial charge in [-0.25, -0.2) is 0 Å². The lowest BCUT2D eigenvalue weighted by molar-refractivity contribution is 0.312. The predicted molar refractivity (Wildman–Crippen MR) is 38.7 cm³/mol. The second kappa shape index (κ2) is 2.20. The van der Waals surface area contributed by atoms with Crippen LogP contribution in [0.5, 0.6) is 0 Å². The highest BCUT2D eigenvalue weighted by molar-refractivity contribution is 8.48. The molecule has 0 aromatic heterocycles. The highest BCUT2D eigenvalue weighted by Crippen LogP contribution is 3.02. The van der Waals surface area contributed by atoms with Crippen molar-refractivity contribution in [2.24, 2.45) is 0 Å². The van der Waals surface area contributed by atoms with Crippen LogP contribution in [0.2, 0.25) is 0 Å². The third-order valence-electron chi connectivity index (χ3n) is 1.03. The molecule has 8 heteroatoms. The Kier molecular flexibility index (Phi) is 2.16. The molecule has 0 spiro atoms. The minimum absolute atomic E-state index is 0.174. The topological polar surface area (TPSA) is 9.23 Å². The van der Waals surface area contributed by atoms with E-state index >= 15 is 0 Å². The zero-order chi connectivity index (χ0) is 10.3. The minimum atomic E-state index is -9.62. The van der Waals surface area contributed by atoms with Gasteiger partial charge in [0.25, 0.3) is 0 Å². The van der Waals surface area contributed by atoms with Crippen LogP contribution in [0, 0.1) is 0 Å². The molecule has 1 nitrogen and oxygen atoms in total. The van der Waals surface area contributed by atoms with Crippen LogP contribution >= 0.6 is 21.8 Å². The molecule has 0 saturated heterocycles. The monoisotopic (exact) mass is 232 g/mol. The smallest absolute Gasteiger partial charge is 0.311 e. The molecule has 0 aliphatic heterocycles. The molecule has 0 aliphatic carbocycles. The van der Waals surface area contributed by atoms with E-state index in [0.717, 1.165) is 7.11 Å². The molecule has 0 heterocycles. The second-order valence-corrected chi connectivity index (χ2v) is 4.90. The third-order valence-corrected chi connectivity index (χ3v) is 2.93. The van der Waals surface area contributed by atoms with E-state index in [4.69, 9.17) is 11.6 Å². The summed E-state index contributed by atoms with van der Waals surface area (Å²) < 4.78 is 63.0. The largest absolute Gasteiger partial charge is 0.485 e. The van der Waals surface area contributed by atoms with Crippen LogP contribution in [0.4, 0.5) is 19.4 Å². The summed E-state index contributed by atoms with van der Waals surface area (Å²) in [6.45, 7) is 0.174. The number of hydrogen-bond acceptors (Lipinski definition) is 1. The highest BCUT2D eigenvalue weighted by Gasteiger charge is 2.67. The number of ether oxygens (including phenoxy) is 1. The van der Waals surface area contributed by atoms with Gasteiger partial charge in [0.2, 0.25) is 5.22 Å². The van der Waals surface area contributed by atoms with Crippen LogP contribution in [-0.4, -0.2) is 7.11 Å². The molecule has 0 rings (SSSR count). The molecule has 0 N–H and O–H groups in total. The molecular formula is C4H6ClF5OS. The van der Waals surface area contributed by atoms with Gasteiger partial charge in [0, 0.05) is 0 Å². The molecule has 0 aromatic rings. The molecule has 0 unspecified atom stereocenters. The standard InChI is InChI=1S/C4H6ClF5OS/c1-3(4(5)11-2)12(6,7,8,9)10/h1-2H3/b4-3+. The summed E-state index contributed by atoms with van der Waals surface area (Å²) in [7, 11) is -8.84. The maximum Gasteiger partial charge on any atom is 0.311 e. The molecule has 0 fully saturated rings. The minimum Gasteiger partial charge on any atom is -0.485 e. The Bertz CT molecular complexity index is 227. The van der Waals surface area contributed by atoms with Gasteiger partial charge in [-0.05, 0) is 18.5 Å². The molecule has 0 aliphatic rings. The molecular weight excluding hydrogens is 227 g/mol. The first-order chi connectivity index (χ1) is 4.88. The fourth-order valence-corrected chi connectivity index (χ4v) is 1.12. The third kappa shape index (κ3) is 3.06. The van der Waals surface area contributed by atoms with Crippen molar-refractivity contribution in [2.45, 2.75) is 6.92 Å². The Hall–Kier alpha value is -0.170. The zero-order valence-corrected chi connectivity index (χ0v) is 7.66. The van der Waals surface area contributed by atoms with Crippen LogP contribution < -0.4 is 0 Å². The van der Waals surface area contributed by atoms with E-state index in [1.807, 2.05) is 0 Å². The van der Waals surface area contributed by atoms with Crippen LogP contribution in [0.3, 0.4) is 0 Å². The Labute approximate surface area is 70.9 Å². The number of allylic oxidation sites excluding steroid dienone is 1. The number of hydrogen-bond donors (Lipinski definition) is 0. The van der Waals surface area contributed by atoms with Crippen molar-refractivity contribution >= 4 is 21.8 Å². The van der Waals surface area contributed by atoms with Crippen molar-refractivity contribution in [1.82, 2.24) is 0 Å². The van der Waals surface area contributed by atoms with E-state index in [-0.39, 0.29) is 6.92 Å². The lowest BCUT2D eigenvalue weighted by atomic mass is 10.7. The first kappa shape index (κ1) is 11.8. The SMILES string of the molecule is CO/C(Cl)=C(\C)S(F)(F)(F)(F)F. The fourth-order valence-electron chi connectivity index (χ4n) is 0.295. The Morgan fingerprint density at radius 3 is 1.58 bits per heavy atom. The van der Waals surface area contributed by atoms with Crippen molar-refractivity contribution in [3.63, 3.8) is 0 Å². The first-order valence-corrected chi connectivity index (χ1v) is 4.86. The normalized spacial score (nSPS) is 20.7. The maximum absolute atomic E-state index is 11.8. The van der Waals surface area contributed by atoms with Gasteiger partial charge in [0.15, 0.2) is 0 Å². The Morgan fingerprint density at radius 1 is 1.17 bits per heavy atom. The number of rotatable bonds is 2. The summed E-state index contributed by atoms with van der Waals surface area (Å²) in [5.74, 6) is 0. The molecule has 0 aromatic carbocycles. The van der Waals surface area contributed by atoms with Gasteiger partial charge in [-0.1, -0.05) is 19.4 Å². The quantitative estimate of drug-likeness (QED) is 0.508. The summed E-state index contributed by atoms with van der Waals surface area (Å²) in [4.78, 5) is -2.17. The van der Waals surface area contributed by atoms with Crippen molar-refractivity contribution in [2.75, 3.05) is 7.11 Å². The van der Waals surface area contributed by atoms with E-state index in [1.54, 1.807) is 0 Å². The van der Waals surface area contributed by atoms with Crippen LogP contribution in [0.15, 0.2) is 10.1 Å². The van der Waals surface area contributed by atoms with E-state index in [0.29, 0.717) is 0 Å². The van der Waals surface area contributed by atoms with E-state index in [9.17, 15) is 19.4 Å². The van der Waals surface area contributed by atoms with Crippen molar-refractivity contribution in [1.29, 1.82) is 0 Å². The fraction of sp³-hybridized carbons (Fsp3) is 0.500. The summed E-state index contributed by atoms with van der Waals surface area (Å²) >= 11 is 4.77. The summed E-state index contributed by atoms with van der Waals surface area (Å²) in [5.41, 5.74) is 0. The molecule has 0 bridgehead atoms.